The number of hydrogen-bond acceptors (Lipinski definition) is 4. The van der Waals surface area contributed by atoms with Gasteiger partial charge in [-0.25, -0.2) is 4.98 Å². The fraction of sp³-hybridized carbons (Fsp3) is 0.200. The Balaban J connectivity index is 1.33. The van der Waals surface area contributed by atoms with Gasteiger partial charge in [0, 0.05) is 24.6 Å². The van der Waals surface area contributed by atoms with Gasteiger partial charge in [0.1, 0.15) is 5.75 Å². The van der Waals surface area contributed by atoms with Crippen LogP contribution in [-0.4, -0.2) is 9.97 Å². The van der Waals surface area contributed by atoms with Crippen LogP contribution in [0.2, 0.25) is 0 Å². The summed E-state index contributed by atoms with van der Waals surface area (Å²) in [5, 5.41) is 3.45. The molecule has 24 heavy (non-hydrogen) atoms. The Bertz CT molecular complexity index is 781. The highest BCUT2D eigenvalue weighted by Gasteiger charge is 2.22. The molecule has 1 fully saturated rings. The van der Waals surface area contributed by atoms with Crippen LogP contribution in [0.25, 0.3) is 0 Å². The molecule has 4 rings (SSSR count). The van der Waals surface area contributed by atoms with Crippen molar-refractivity contribution < 1.29 is 4.74 Å². The van der Waals surface area contributed by atoms with Crippen molar-refractivity contribution in [3.8, 4) is 11.6 Å². The van der Waals surface area contributed by atoms with Gasteiger partial charge in [0.25, 0.3) is 0 Å². The van der Waals surface area contributed by atoms with E-state index in [1.807, 2.05) is 12.1 Å². The van der Waals surface area contributed by atoms with Gasteiger partial charge in [-0.05, 0) is 54.2 Å². The Morgan fingerprint density at radius 2 is 1.75 bits per heavy atom. The molecule has 120 valence electrons. The van der Waals surface area contributed by atoms with E-state index in [-0.39, 0.29) is 0 Å². The van der Waals surface area contributed by atoms with Gasteiger partial charge in [0.05, 0.1) is 6.20 Å². The van der Waals surface area contributed by atoms with Gasteiger partial charge in [-0.3, -0.25) is 4.98 Å². The summed E-state index contributed by atoms with van der Waals surface area (Å²) < 4.78 is 5.64. The minimum absolute atomic E-state index is 0.499. The molecule has 2 aromatic carbocycles. The van der Waals surface area contributed by atoms with Crippen LogP contribution in [-0.2, 0) is 6.54 Å². The summed E-state index contributed by atoms with van der Waals surface area (Å²) in [7, 11) is 0. The Morgan fingerprint density at radius 3 is 2.42 bits per heavy atom. The minimum Gasteiger partial charge on any atom is -0.438 e. The van der Waals surface area contributed by atoms with Crippen molar-refractivity contribution >= 4 is 5.69 Å². The van der Waals surface area contributed by atoms with Crippen molar-refractivity contribution in [2.24, 2.45) is 0 Å². The molecule has 1 N–H and O–H groups in total. The number of aromatic nitrogens is 2. The van der Waals surface area contributed by atoms with Gasteiger partial charge in [-0.2, -0.15) is 0 Å². The van der Waals surface area contributed by atoms with Crippen molar-refractivity contribution in [3.05, 3.63) is 78.2 Å². The molecule has 0 amide bonds. The van der Waals surface area contributed by atoms with Gasteiger partial charge >= 0.3 is 0 Å². The highest BCUT2D eigenvalue weighted by molar-refractivity contribution is 5.46. The second kappa shape index (κ2) is 6.71. The molecule has 1 aliphatic rings. The third kappa shape index (κ3) is 3.71. The number of benzene rings is 2. The third-order valence-corrected chi connectivity index (χ3v) is 4.14. The average molecular weight is 317 g/mol. The maximum Gasteiger partial charge on any atom is 0.237 e. The standard InChI is InChI=1S/C20H19N3O/c1-9-19(24-20-14-21-11-12-22-20)10-2-15(1)13-23-18-7-5-17(6-8-18)16-3-4-16/h1-2,5-12,14,16,23H,3-4,13H2. The summed E-state index contributed by atoms with van der Waals surface area (Å²) in [5.74, 6) is 2.06. The van der Waals surface area contributed by atoms with Crippen molar-refractivity contribution in [3.63, 3.8) is 0 Å². The molecule has 0 radical (unpaired) electrons. The second-order valence-electron chi connectivity index (χ2n) is 6.04. The van der Waals surface area contributed by atoms with Gasteiger partial charge in [0.2, 0.25) is 5.88 Å². The maximum atomic E-state index is 5.64. The van der Waals surface area contributed by atoms with E-state index in [0.29, 0.717) is 5.88 Å². The van der Waals surface area contributed by atoms with Crippen molar-refractivity contribution in [1.29, 1.82) is 0 Å². The minimum atomic E-state index is 0.499. The normalized spacial score (nSPS) is 13.5. The first-order valence-corrected chi connectivity index (χ1v) is 8.23. The van der Waals surface area contributed by atoms with Crippen molar-refractivity contribution in [2.45, 2.75) is 25.3 Å². The second-order valence-corrected chi connectivity index (χ2v) is 6.04. The topological polar surface area (TPSA) is 47.0 Å². The molecule has 3 aromatic rings. The lowest BCUT2D eigenvalue weighted by Gasteiger charge is -2.09. The monoisotopic (exact) mass is 317 g/mol. The lowest BCUT2D eigenvalue weighted by Crippen LogP contribution is -1.99. The smallest absolute Gasteiger partial charge is 0.237 e. The first kappa shape index (κ1) is 14.7. The Morgan fingerprint density at radius 1 is 0.958 bits per heavy atom. The van der Waals surface area contributed by atoms with Gasteiger partial charge in [-0.1, -0.05) is 24.3 Å². The van der Waals surface area contributed by atoms with Crippen molar-refractivity contribution in [2.75, 3.05) is 5.32 Å². The zero-order valence-corrected chi connectivity index (χ0v) is 13.4. The van der Waals surface area contributed by atoms with Crippen LogP contribution in [0.3, 0.4) is 0 Å². The SMILES string of the molecule is c1cnc(Oc2ccc(CNc3ccc(C4CC4)cc3)cc2)cn1. The predicted molar refractivity (Wildman–Crippen MR) is 94.3 cm³/mol. The largest absolute Gasteiger partial charge is 0.438 e. The number of ether oxygens (including phenoxy) is 1. The van der Waals surface area contributed by atoms with Crippen LogP contribution < -0.4 is 10.1 Å². The molecular weight excluding hydrogens is 298 g/mol. The Labute approximate surface area is 141 Å². The maximum absolute atomic E-state index is 5.64. The Kier molecular flexibility index (Phi) is 4.11. The van der Waals surface area contributed by atoms with Crippen LogP contribution in [0.15, 0.2) is 67.1 Å². The first-order valence-electron chi connectivity index (χ1n) is 8.23. The lowest BCUT2D eigenvalue weighted by molar-refractivity contribution is 0.460. The lowest BCUT2D eigenvalue weighted by atomic mass is 10.1. The van der Waals surface area contributed by atoms with Crippen LogP contribution in [0.1, 0.15) is 29.9 Å². The molecule has 0 atom stereocenters. The number of nitrogens with one attached hydrogen (secondary N) is 1. The summed E-state index contributed by atoms with van der Waals surface area (Å²) in [6.07, 6.45) is 7.52. The molecule has 1 saturated carbocycles. The molecule has 0 spiro atoms. The van der Waals surface area contributed by atoms with Crippen molar-refractivity contribution in [1.82, 2.24) is 9.97 Å². The van der Waals surface area contributed by atoms with Crippen LogP contribution in [0, 0.1) is 0 Å². The molecule has 1 aliphatic carbocycles. The molecule has 0 unspecified atom stereocenters. The zero-order valence-electron chi connectivity index (χ0n) is 13.4. The quantitative estimate of drug-likeness (QED) is 0.712. The first-order chi connectivity index (χ1) is 11.9. The van der Waals surface area contributed by atoms with Gasteiger partial charge in [0.15, 0.2) is 0 Å². The van der Waals surface area contributed by atoms with Gasteiger partial charge < -0.3 is 10.1 Å². The molecule has 4 heteroatoms. The van der Waals surface area contributed by atoms with E-state index in [0.717, 1.165) is 23.9 Å². The Hall–Kier alpha value is -2.88. The molecule has 1 aromatic heterocycles. The van der Waals surface area contributed by atoms with E-state index in [9.17, 15) is 0 Å². The third-order valence-electron chi connectivity index (χ3n) is 4.14. The van der Waals surface area contributed by atoms with E-state index in [4.69, 9.17) is 4.74 Å². The molecule has 0 saturated heterocycles. The van der Waals surface area contributed by atoms with E-state index in [1.54, 1.807) is 18.6 Å². The van der Waals surface area contributed by atoms with Crippen LogP contribution in [0.4, 0.5) is 5.69 Å². The highest BCUT2D eigenvalue weighted by Crippen LogP contribution is 2.40. The average Bonchev–Trinajstić information content (AvgIpc) is 3.48. The highest BCUT2D eigenvalue weighted by atomic mass is 16.5. The summed E-state index contributed by atoms with van der Waals surface area (Å²) >= 11 is 0. The molecule has 0 bridgehead atoms. The number of nitrogens with zero attached hydrogens (tertiary/aromatic N) is 2. The summed E-state index contributed by atoms with van der Waals surface area (Å²) in [4.78, 5) is 8.08. The van der Waals surface area contributed by atoms with E-state index in [2.05, 4.69) is 51.7 Å². The number of hydrogen-bond donors (Lipinski definition) is 1. The summed E-state index contributed by atoms with van der Waals surface area (Å²) in [6, 6.07) is 16.8. The molecular formula is C20H19N3O. The van der Waals surface area contributed by atoms with Crippen LogP contribution >= 0.6 is 0 Å². The predicted octanol–water partition coefficient (Wildman–Crippen LogP) is 4.76. The fourth-order valence-corrected chi connectivity index (χ4v) is 2.63. The van der Waals surface area contributed by atoms with Gasteiger partial charge in [-0.15, -0.1) is 0 Å². The molecule has 1 heterocycles. The molecule has 4 nitrogen and oxygen atoms in total. The fourth-order valence-electron chi connectivity index (χ4n) is 2.63. The number of anilines is 1. The molecule has 0 aliphatic heterocycles. The zero-order chi connectivity index (χ0) is 16.2. The summed E-state index contributed by atoms with van der Waals surface area (Å²) in [6.45, 7) is 0.786. The number of rotatable bonds is 6. The van der Waals surface area contributed by atoms with E-state index >= 15 is 0 Å². The van der Waals surface area contributed by atoms with E-state index in [1.165, 1.54) is 24.0 Å². The van der Waals surface area contributed by atoms with Crippen LogP contribution in [0.5, 0.6) is 11.6 Å². The summed E-state index contributed by atoms with van der Waals surface area (Å²) in [5.41, 5.74) is 3.82. The van der Waals surface area contributed by atoms with E-state index < -0.39 is 0 Å².